The van der Waals surface area contributed by atoms with Gasteiger partial charge in [-0.15, -0.1) is 6.58 Å². The van der Waals surface area contributed by atoms with E-state index >= 15 is 0 Å². The summed E-state index contributed by atoms with van der Waals surface area (Å²) in [5.41, 5.74) is 1.83. The van der Waals surface area contributed by atoms with Crippen molar-refractivity contribution >= 4 is 0 Å². The number of aromatic nitrogens is 1. The highest BCUT2D eigenvalue weighted by molar-refractivity contribution is 5.59. The van der Waals surface area contributed by atoms with E-state index < -0.39 is 0 Å². The SMILES string of the molecule is C=CCn1c(O)c2c(c1O)C1C(C)C2C2OC21. The number of hydrogen-bond acceptors (Lipinski definition) is 3. The summed E-state index contributed by atoms with van der Waals surface area (Å²) < 4.78 is 7.15. The van der Waals surface area contributed by atoms with Crippen LogP contribution in [0.25, 0.3) is 0 Å². The molecule has 1 aromatic rings. The first-order chi connectivity index (χ1) is 8.16. The molecule has 0 spiro atoms. The molecule has 2 fully saturated rings. The fourth-order valence-corrected chi connectivity index (χ4v) is 3.98. The molecule has 4 nitrogen and oxygen atoms in total. The van der Waals surface area contributed by atoms with Crippen LogP contribution in [0, 0.1) is 5.92 Å². The largest absolute Gasteiger partial charge is 0.494 e. The number of ether oxygens (including phenoxy) is 1. The van der Waals surface area contributed by atoms with Crippen LogP contribution in [0.4, 0.5) is 0 Å². The minimum absolute atomic E-state index is 0.200. The van der Waals surface area contributed by atoms with Gasteiger partial charge in [-0.3, -0.25) is 4.57 Å². The number of allylic oxidation sites excluding steroid dienone is 1. The van der Waals surface area contributed by atoms with E-state index in [1.54, 1.807) is 6.08 Å². The highest BCUT2D eigenvalue weighted by Gasteiger charge is 2.68. The van der Waals surface area contributed by atoms with Gasteiger partial charge in [0, 0.05) is 29.5 Å². The number of rotatable bonds is 2. The number of aromatic hydroxyl groups is 2. The van der Waals surface area contributed by atoms with Crippen molar-refractivity contribution in [2.75, 3.05) is 0 Å². The predicted molar refractivity (Wildman–Crippen MR) is 61.3 cm³/mol. The lowest BCUT2D eigenvalue weighted by molar-refractivity contribution is 0.244. The van der Waals surface area contributed by atoms with Gasteiger partial charge in [-0.25, -0.2) is 0 Å². The summed E-state index contributed by atoms with van der Waals surface area (Å²) in [7, 11) is 0. The lowest BCUT2D eigenvalue weighted by atomic mass is 9.95. The van der Waals surface area contributed by atoms with Crippen molar-refractivity contribution in [3.8, 4) is 11.8 Å². The van der Waals surface area contributed by atoms with Crippen molar-refractivity contribution in [1.82, 2.24) is 4.57 Å². The van der Waals surface area contributed by atoms with E-state index in [1.165, 1.54) is 4.57 Å². The van der Waals surface area contributed by atoms with Gasteiger partial charge < -0.3 is 14.9 Å². The van der Waals surface area contributed by atoms with Gasteiger partial charge in [-0.2, -0.15) is 0 Å². The van der Waals surface area contributed by atoms with Gasteiger partial charge in [-0.1, -0.05) is 13.0 Å². The van der Waals surface area contributed by atoms with Gasteiger partial charge in [-0.05, 0) is 5.92 Å². The normalized spacial score (nSPS) is 40.2. The van der Waals surface area contributed by atoms with Gasteiger partial charge >= 0.3 is 0 Å². The summed E-state index contributed by atoms with van der Waals surface area (Å²) in [6.45, 7) is 6.27. The molecule has 4 heteroatoms. The van der Waals surface area contributed by atoms with E-state index in [0.29, 0.717) is 12.5 Å². The zero-order valence-corrected chi connectivity index (χ0v) is 9.63. The molecule has 4 unspecified atom stereocenters. The third kappa shape index (κ3) is 0.867. The Morgan fingerprint density at radius 1 is 1.24 bits per heavy atom. The van der Waals surface area contributed by atoms with Crippen LogP contribution in [0.15, 0.2) is 12.7 Å². The average Bonchev–Trinajstić information content (AvgIpc) is 2.93. The lowest BCUT2D eigenvalue weighted by Gasteiger charge is -2.15. The Morgan fingerprint density at radius 3 is 2.24 bits per heavy atom. The molecule has 1 saturated heterocycles. The van der Waals surface area contributed by atoms with Crippen LogP contribution in [-0.2, 0) is 11.3 Å². The Bertz CT molecular complexity index is 494. The fraction of sp³-hybridized carbons (Fsp3) is 0.538. The van der Waals surface area contributed by atoms with Crippen LogP contribution in [0.3, 0.4) is 0 Å². The van der Waals surface area contributed by atoms with Gasteiger partial charge in [0.1, 0.15) is 0 Å². The summed E-state index contributed by atoms with van der Waals surface area (Å²) in [4.78, 5) is 0. The van der Waals surface area contributed by atoms with Crippen LogP contribution in [0.2, 0.25) is 0 Å². The Hall–Kier alpha value is -1.42. The molecule has 2 N–H and O–H groups in total. The van der Waals surface area contributed by atoms with E-state index in [9.17, 15) is 10.2 Å². The second kappa shape index (κ2) is 2.70. The summed E-state index contributed by atoms with van der Waals surface area (Å²) in [5.74, 6) is 1.39. The molecule has 2 heterocycles. The van der Waals surface area contributed by atoms with E-state index in [2.05, 4.69) is 13.5 Å². The molecule has 1 saturated carbocycles. The van der Waals surface area contributed by atoms with Gasteiger partial charge in [0.2, 0.25) is 0 Å². The number of hydrogen-bond donors (Lipinski definition) is 2. The zero-order chi connectivity index (χ0) is 11.9. The van der Waals surface area contributed by atoms with Gasteiger partial charge in [0.15, 0.2) is 11.8 Å². The molecular weight excluding hydrogens is 218 g/mol. The summed E-state index contributed by atoms with van der Waals surface area (Å²) in [5, 5.41) is 20.5. The molecule has 1 aromatic heterocycles. The highest BCUT2D eigenvalue weighted by Crippen LogP contribution is 2.69. The first-order valence-corrected chi connectivity index (χ1v) is 6.07. The Morgan fingerprint density at radius 2 is 1.76 bits per heavy atom. The zero-order valence-electron chi connectivity index (χ0n) is 9.63. The summed E-state index contributed by atoms with van der Waals surface area (Å²) >= 11 is 0. The van der Waals surface area contributed by atoms with Crippen LogP contribution < -0.4 is 0 Å². The van der Waals surface area contributed by atoms with Crippen molar-refractivity contribution in [3.05, 3.63) is 23.8 Å². The molecule has 4 rings (SSSR count). The minimum Gasteiger partial charge on any atom is -0.494 e. The molecule has 1 aliphatic heterocycles. The number of nitrogens with zero attached hydrogens (tertiary/aromatic N) is 1. The van der Waals surface area contributed by atoms with E-state index in [1.807, 2.05) is 0 Å². The first-order valence-electron chi connectivity index (χ1n) is 6.07. The van der Waals surface area contributed by atoms with Crippen molar-refractivity contribution in [2.45, 2.75) is 37.5 Å². The maximum Gasteiger partial charge on any atom is 0.198 e. The van der Waals surface area contributed by atoms with E-state index in [4.69, 9.17) is 4.74 Å². The van der Waals surface area contributed by atoms with Crippen molar-refractivity contribution in [1.29, 1.82) is 0 Å². The predicted octanol–water partition coefficient (Wildman–Crippen LogP) is 1.68. The standard InChI is InChI=1S/C13H15NO3/c1-3-4-14-12(15)8-6-5(2)7(9(8)13(14)16)11-10(6)17-11/h3,5-7,10-11,15-16H,1,4H2,2H3. The summed E-state index contributed by atoms with van der Waals surface area (Å²) in [6, 6.07) is 0. The Balaban J connectivity index is 1.93. The highest BCUT2D eigenvalue weighted by atomic mass is 16.6. The van der Waals surface area contributed by atoms with Crippen molar-refractivity contribution in [3.63, 3.8) is 0 Å². The number of epoxide rings is 1. The van der Waals surface area contributed by atoms with Crippen LogP contribution >= 0.6 is 0 Å². The molecule has 3 aliphatic rings. The third-order valence-corrected chi connectivity index (χ3v) is 4.66. The molecular formula is C13H15NO3. The fourth-order valence-electron chi connectivity index (χ4n) is 3.98. The number of fused-ring (bicyclic) bond motifs is 8. The third-order valence-electron chi connectivity index (χ3n) is 4.66. The monoisotopic (exact) mass is 233 g/mol. The molecule has 90 valence electrons. The van der Waals surface area contributed by atoms with Crippen LogP contribution in [0.5, 0.6) is 11.8 Å². The molecule has 2 bridgehead atoms. The van der Waals surface area contributed by atoms with Gasteiger partial charge in [0.25, 0.3) is 0 Å². The topological polar surface area (TPSA) is 57.9 Å². The Kier molecular flexibility index (Phi) is 1.52. The van der Waals surface area contributed by atoms with Crippen LogP contribution in [0.1, 0.15) is 29.9 Å². The van der Waals surface area contributed by atoms with E-state index in [-0.39, 0.29) is 35.8 Å². The van der Waals surface area contributed by atoms with Crippen molar-refractivity contribution < 1.29 is 14.9 Å². The Labute approximate surface area is 99.1 Å². The molecule has 0 radical (unpaired) electrons. The molecule has 17 heavy (non-hydrogen) atoms. The quantitative estimate of drug-likeness (QED) is 0.603. The molecule has 0 amide bonds. The molecule has 4 atom stereocenters. The lowest BCUT2D eigenvalue weighted by Crippen LogP contribution is -2.08. The maximum atomic E-state index is 10.2. The summed E-state index contributed by atoms with van der Waals surface area (Å²) in [6.07, 6.45) is 2.22. The maximum absolute atomic E-state index is 10.2. The molecule has 0 aromatic carbocycles. The minimum atomic E-state index is 0.200. The molecule has 2 aliphatic carbocycles. The smallest absolute Gasteiger partial charge is 0.198 e. The second-order valence-corrected chi connectivity index (χ2v) is 5.35. The average molecular weight is 233 g/mol. The second-order valence-electron chi connectivity index (χ2n) is 5.35. The van der Waals surface area contributed by atoms with Crippen LogP contribution in [-0.4, -0.2) is 27.0 Å². The van der Waals surface area contributed by atoms with E-state index in [0.717, 1.165) is 11.1 Å². The van der Waals surface area contributed by atoms with Crippen molar-refractivity contribution in [2.24, 2.45) is 5.92 Å². The van der Waals surface area contributed by atoms with Gasteiger partial charge in [0.05, 0.1) is 12.2 Å². The first kappa shape index (κ1) is 9.59.